The van der Waals surface area contributed by atoms with Gasteiger partial charge in [0.25, 0.3) is 0 Å². The summed E-state index contributed by atoms with van der Waals surface area (Å²) in [6, 6.07) is 3.40. The number of pyridine rings is 1. The largest absolute Gasteiger partial charge is 0.396 e. The van der Waals surface area contributed by atoms with E-state index in [1.165, 1.54) is 0 Å². The van der Waals surface area contributed by atoms with E-state index in [0.717, 1.165) is 12.1 Å². The van der Waals surface area contributed by atoms with E-state index in [1.54, 1.807) is 18.3 Å². The van der Waals surface area contributed by atoms with E-state index in [9.17, 15) is 4.79 Å². The Morgan fingerprint density at radius 2 is 2.33 bits per heavy atom. The monoisotopic (exact) mass is 205 g/mol. The van der Waals surface area contributed by atoms with Crippen LogP contribution in [0.1, 0.15) is 22.6 Å². The van der Waals surface area contributed by atoms with Gasteiger partial charge in [0.05, 0.1) is 0 Å². The maximum atomic E-state index is 10.5. The van der Waals surface area contributed by atoms with Crippen LogP contribution < -0.4 is 0 Å². The quantitative estimate of drug-likeness (QED) is 0.736. The van der Waals surface area contributed by atoms with Gasteiger partial charge in [-0.3, -0.25) is 9.20 Å². The molecule has 0 aliphatic heterocycles. The Hall–Kier alpha value is -1.75. The number of aromatic nitrogens is 3. The third-order valence-electron chi connectivity index (χ3n) is 2.20. The van der Waals surface area contributed by atoms with Crippen LogP contribution in [0, 0.1) is 0 Å². The van der Waals surface area contributed by atoms with Crippen molar-refractivity contribution < 1.29 is 9.90 Å². The van der Waals surface area contributed by atoms with Crippen LogP contribution in [0.3, 0.4) is 0 Å². The van der Waals surface area contributed by atoms with E-state index >= 15 is 0 Å². The van der Waals surface area contributed by atoms with E-state index in [-0.39, 0.29) is 6.61 Å². The van der Waals surface area contributed by atoms with Gasteiger partial charge in [0.1, 0.15) is 12.1 Å². The fraction of sp³-hybridized carbons (Fsp3) is 0.300. The number of carbonyl (C=O) groups excluding carboxylic acids is 1. The van der Waals surface area contributed by atoms with Crippen LogP contribution in [0.2, 0.25) is 0 Å². The second-order valence-electron chi connectivity index (χ2n) is 3.25. The molecule has 15 heavy (non-hydrogen) atoms. The molecule has 1 N–H and O–H groups in total. The molecule has 2 rings (SSSR count). The van der Waals surface area contributed by atoms with Gasteiger partial charge in [0.2, 0.25) is 0 Å². The number of hydrogen-bond donors (Lipinski definition) is 1. The fourth-order valence-corrected chi connectivity index (χ4v) is 1.44. The molecule has 0 spiro atoms. The molecule has 0 saturated heterocycles. The molecule has 0 saturated carbocycles. The highest BCUT2D eigenvalue weighted by Crippen LogP contribution is 2.07. The number of rotatable bonds is 4. The Morgan fingerprint density at radius 3 is 3.07 bits per heavy atom. The minimum Gasteiger partial charge on any atom is -0.396 e. The lowest BCUT2D eigenvalue weighted by atomic mass is 10.3. The molecule has 0 aromatic carbocycles. The summed E-state index contributed by atoms with van der Waals surface area (Å²) in [6.07, 6.45) is 3.89. The first-order valence-electron chi connectivity index (χ1n) is 4.75. The van der Waals surface area contributed by atoms with E-state index < -0.39 is 0 Å². The lowest BCUT2D eigenvalue weighted by molar-refractivity contribution is 0.112. The number of aldehydes is 1. The zero-order chi connectivity index (χ0) is 10.7. The van der Waals surface area contributed by atoms with Crippen LogP contribution in [-0.2, 0) is 6.42 Å². The first-order chi connectivity index (χ1) is 7.35. The molecule has 0 radical (unpaired) electrons. The maximum absolute atomic E-state index is 10.5. The second-order valence-corrected chi connectivity index (χ2v) is 3.25. The van der Waals surface area contributed by atoms with Crippen LogP contribution >= 0.6 is 0 Å². The lowest BCUT2D eigenvalue weighted by Crippen LogP contribution is -1.97. The Balaban J connectivity index is 2.38. The number of carbonyl (C=O) groups is 1. The van der Waals surface area contributed by atoms with E-state index in [0.29, 0.717) is 24.1 Å². The van der Waals surface area contributed by atoms with Crippen molar-refractivity contribution in [2.45, 2.75) is 12.8 Å². The van der Waals surface area contributed by atoms with E-state index in [1.807, 2.05) is 4.40 Å². The number of fused-ring (bicyclic) bond motifs is 1. The van der Waals surface area contributed by atoms with Crippen molar-refractivity contribution in [1.82, 2.24) is 14.6 Å². The van der Waals surface area contributed by atoms with Gasteiger partial charge in [-0.1, -0.05) is 0 Å². The SMILES string of the molecule is O=Cc1ccn2c(CCCO)nnc2c1. The molecule has 5 nitrogen and oxygen atoms in total. The predicted octanol–water partition coefficient (Wildman–Crippen LogP) is 0.467. The average Bonchev–Trinajstić information content (AvgIpc) is 2.68. The van der Waals surface area contributed by atoms with Gasteiger partial charge in [-0.05, 0) is 18.6 Å². The van der Waals surface area contributed by atoms with Crippen LogP contribution in [0.25, 0.3) is 5.65 Å². The summed E-state index contributed by atoms with van der Waals surface area (Å²) < 4.78 is 1.82. The molecular weight excluding hydrogens is 194 g/mol. The van der Waals surface area contributed by atoms with Gasteiger partial charge in [-0.2, -0.15) is 0 Å². The van der Waals surface area contributed by atoms with Gasteiger partial charge >= 0.3 is 0 Å². The third kappa shape index (κ3) is 1.87. The summed E-state index contributed by atoms with van der Waals surface area (Å²) in [5, 5.41) is 16.7. The minimum atomic E-state index is 0.140. The van der Waals surface area contributed by atoms with E-state index in [4.69, 9.17) is 5.11 Å². The number of aliphatic hydroxyl groups excluding tert-OH is 1. The van der Waals surface area contributed by atoms with Crippen molar-refractivity contribution in [3.05, 3.63) is 29.7 Å². The highest BCUT2D eigenvalue weighted by Gasteiger charge is 2.04. The fourth-order valence-electron chi connectivity index (χ4n) is 1.44. The summed E-state index contributed by atoms with van der Waals surface area (Å²) in [5.74, 6) is 0.802. The molecule has 0 aliphatic rings. The first-order valence-corrected chi connectivity index (χ1v) is 4.75. The molecule has 0 atom stereocenters. The lowest BCUT2D eigenvalue weighted by Gasteiger charge is -1.98. The minimum absolute atomic E-state index is 0.140. The second kappa shape index (κ2) is 4.18. The zero-order valence-electron chi connectivity index (χ0n) is 8.13. The molecule has 0 fully saturated rings. The Kier molecular flexibility index (Phi) is 2.73. The molecule has 0 bridgehead atoms. The number of nitrogens with zero attached hydrogens (tertiary/aromatic N) is 3. The standard InChI is InChI=1S/C10H11N3O2/c14-5-1-2-9-11-12-10-6-8(7-15)3-4-13(9)10/h3-4,6-7,14H,1-2,5H2. The van der Waals surface area contributed by atoms with Crippen molar-refractivity contribution >= 4 is 11.9 Å². The molecule has 78 valence electrons. The molecular formula is C10H11N3O2. The van der Waals surface area contributed by atoms with Crippen LogP contribution in [0.15, 0.2) is 18.3 Å². The maximum Gasteiger partial charge on any atom is 0.161 e. The topological polar surface area (TPSA) is 67.5 Å². The summed E-state index contributed by atoms with van der Waals surface area (Å²) in [5.41, 5.74) is 1.25. The van der Waals surface area contributed by atoms with Crippen molar-refractivity contribution in [3.63, 3.8) is 0 Å². The normalized spacial score (nSPS) is 10.7. The molecule has 0 aliphatic carbocycles. The Labute approximate surface area is 86.4 Å². The third-order valence-corrected chi connectivity index (χ3v) is 2.20. The molecule has 0 amide bonds. The van der Waals surface area contributed by atoms with E-state index in [2.05, 4.69) is 10.2 Å². The molecule has 2 aromatic rings. The van der Waals surface area contributed by atoms with Gasteiger partial charge < -0.3 is 5.11 Å². The smallest absolute Gasteiger partial charge is 0.161 e. The molecule has 5 heteroatoms. The summed E-state index contributed by atoms with van der Waals surface area (Å²) in [6.45, 7) is 0.140. The van der Waals surface area contributed by atoms with Crippen LogP contribution in [-0.4, -0.2) is 32.6 Å². The van der Waals surface area contributed by atoms with Crippen molar-refractivity contribution in [2.24, 2.45) is 0 Å². The zero-order valence-corrected chi connectivity index (χ0v) is 8.13. The number of aliphatic hydroxyl groups is 1. The Bertz CT molecular complexity index is 478. The predicted molar refractivity (Wildman–Crippen MR) is 53.8 cm³/mol. The highest BCUT2D eigenvalue weighted by molar-refractivity contribution is 5.76. The van der Waals surface area contributed by atoms with Crippen molar-refractivity contribution in [1.29, 1.82) is 0 Å². The Morgan fingerprint density at radius 1 is 1.47 bits per heavy atom. The molecule has 2 aromatic heterocycles. The summed E-state index contributed by atoms with van der Waals surface area (Å²) in [7, 11) is 0. The summed E-state index contributed by atoms with van der Waals surface area (Å²) >= 11 is 0. The van der Waals surface area contributed by atoms with Gasteiger partial charge in [-0.25, -0.2) is 0 Å². The van der Waals surface area contributed by atoms with Gasteiger partial charge in [0, 0.05) is 24.8 Å². The van der Waals surface area contributed by atoms with Crippen molar-refractivity contribution in [2.75, 3.05) is 6.61 Å². The van der Waals surface area contributed by atoms with Gasteiger partial charge in [0.15, 0.2) is 5.65 Å². The first kappa shape index (κ1) is 9.79. The van der Waals surface area contributed by atoms with Crippen molar-refractivity contribution in [3.8, 4) is 0 Å². The number of aryl methyl sites for hydroxylation is 1. The summed E-state index contributed by atoms with van der Waals surface area (Å²) in [4.78, 5) is 10.5. The van der Waals surface area contributed by atoms with Gasteiger partial charge in [-0.15, -0.1) is 10.2 Å². The van der Waals surface area contributed by atoms with Crippen LogP contribution in [0.5, 0.6) is 0 Å². The highest BCUT2D eigenvalue weighted by atomic mass is 16.2. The molecule has 2 heterocycles. The van der Waals surface area contributed by atoms with Crippen LogP contribution in [0.4, 0.5) is 0 Å². The molecule has 0 unspecified atom stereocenters. The number of hydrogen-bond acceptors (Lipinski definition) is 4. The average molecular weight is 205 g/mol.